The van der Waals surface area contributed by atoms with E-state index in [1.54, 1.807) is 6.33 Å². The lowest BCUT2D eigenvalue weighted by Gasteiger charge is -2.46. The smallest absolute Gasteiger partial charge is 0.140 e. The third-order valence-corrected chi connectivity index (χ3v) is 4.14. The van der Waals surface area contributed by atoms with Gasteiger partial charge < -0.3 is 5.32 Å². The van der Waals surface area contributed by atoms with Crippen molar-refractivity contribution in [2.45, 2.75) is 52.7 Å². The Kier molecular flexibility index (Phi) is 4.26. The van der Waals surface area contributed by atoms with Crippen LogP contribution in [0.5, 0.6) is 0 Å². The van der Waals surface area contributed by atoms with E-state index in [1.165, 1.54) is 6.42 Å². The molecule has 5 nitrogen and oxygen atoms in total. The maximum absolute atomic E-state index is 4.37. The fourth-order valence-electron chi connectivity index (χ4n) is 2.83. The average molecular weight is 265 g/mol. The molecule has 0 spiro atoms. The summed E-state index contributed by atoms with van der Waals surface area (Å²) in [7, 11) is 1.97. The first-order chi connectivity index (χ1) is 8.91. The van der Waals surface area contributed by atoms with Gasteiger partial charge in [0.2, 0.25) is 0 Å². The second kappa shape index (κ2) is 5.59. The summed E-state index contributed by atoms with van der Waals surface area (Å²) in [6.07, 6.45) is 2.81. The van der Waals surface area contributed by atoms with Gasteiger partial charge in [0.1, 0.15) is 12.2 Å². The van der Waals surface area contributed by atoms with Crippen LogP contribution in [-0.2, 0) is 13.6 Å². The molecule has 0 aromatic carbocycles. The predicted octanol–water partition coefficient (Wildman–Crippen LogP) is 1.41. The van der Waals surface area contributed by atoms with E-state index in [0.717, 1.165) is 25.5 Å². The molecule has 1 saturated heterocycles. The number of piperazine rings is 1. The summed E-state index contributed by atoms with van der Waals surface area (Å²) in [6.45, 7) is 12.2. The van der Waals surface area contributed by atoms with Crippen LogP contribution in [-0.4, -0.2) is 44.8 Å². The quantitative estimate of drug-likeness (QED) is 0.897. The fraction of sp³-hybridized carbons (Fsp3) is 0.857. The van der Waals surface area contributed by atoms with E-state index < -0.39 is 0 Å². The van der Waals surface area contributed by atoms with Crippen molar-refractivity contribution in [3.05, 3.63) is 12.2 Å². The van der Waals surface area contributed by atoms with Gasteiger partial charge in [-0.15, -0.1) is 0 Å². The van der Waals surface area contributed by atoms with E-state index in [1.807, 2.05) is 11.7 Å². The maximum atomic E-state index is 4.37. The SMILES string of the molecule is CCC1CN(Cc2ncnn2C)C(C(C)(C)C)CN1. The van der Waals surface area contributed by atoms with Crippen LogP contribution in [0.1, 0.15) is 39.9 Å². The Morgan fingerprint density at radius 1 is 1.42 bits per heavy atom. The van der Waals surface area contributed by atoms with Crippen molar-refractivity contribution < 1.29 is 0 Å². The monoisotopic (exact) mass is 265 g/mol. The van der Waals surface area contributed by atoms with Crippen molar-refractivity contribution in [3.8, 4) is 0 Å². The van der Waals surface area contributed by atoms with Crippen molar-refractivity contribution in [3.63, 3.8) is 0 Å². The molecule has 2 rings (SSSR count). The number of nitrogens with zero attached hydrogens (tertiary/aromatic N) is 4. The van der Waals surface area contributed by atoms with Gasteiger partial charge in [-0.05, 0) is 11.8 Å². The normalized spacial score (nSPS) is 25.7. The van der Waals surface area contributed by atoms with Crippen LogP contribution >= 0.6 is 0 Å². The molecule has 2 heterocycles. The molecule has 2 unspecified atom stereocenters. The highest BCUT2D eigenvalue weighted by molar-refractivity contribution is 4.95. The Morgan fingerprint density at radius 2 is 2.16 bits per heavy atom. The lowest BCUT2D eigenvalue weighted by atomic mass is 9.83. The molecular formula is C14H27N5. The van der Waals surface area contributed by atoms with E-state index in [0.29, 0.717) is 12.1 Å². The number of aryl methyl sites for hydroxylation is 1. The van der Waals surface area contributed by atoms with Gasteiger partial charge in [-0.2, -0.15) is 5.10 Å². The van der Waals surface area contributed by atoms with Crippen LogP contribution in [0.4, 0.5) is 0 Å². The zero-order valence-electron chi connectivity index (χ0n) is 12.8. The second-order valence-corrected chi connectivity index (χ2v) is 6.62. The molecule has 0 amide bonds. The third-order valence-electron chi connectivity index (χ3n) is 4.14. The lowest BCUT2D eigenvalue weighted by molar-refractivity contribution is 0.0456. The zero-order valence-corrected chi connectivity index (χ0v) is 12.8. The summed E-state index contributed by atoms with van der Waals surface area (Å²) in [4.78, 5) is 6.93. The zero-order chi connectivity index (χ0) is 14.0. The fourth-order valence-corrected chi connectivity index (χ4v) is 2.83. The number of nitrogens with one attached hydrogen (secondary N) is 1. The number of rotatable bonds is 3. The molecule has 5 heteroatoms. The molecule has 1 fully saturated rings. The Bertz CT molecular complexity index is 406. The predicted molar refractivity (Wildman–Crippen MR) is 76.7 cm³/mol. The molecule has 0 saturated carbocycles. The third kappa shape index (κ3) is 3.34. The van der Waals surface area contributed by atoms with Crippen molar-refractivity contribution in [1.29, 1.82) is 0 Å². The Morgan fingerprint density at radius 3 is 2.68 bits per heavy atom. The summed E-state index contributed by atoms with van der Waals surface area (Å²) in [6, 6.07) is 1.12. The number of hydrogen-bond donors (Lipinski definition) is 1. The van der Waals surface area contributed by atoms with Gasteiger partial charge in [0.15, 0.2) is 0 Å². The highest BCUT2D eigenvalue weighted by Crippen LogP contribution is 2.27. The van der Waals surface area contributed by atoms with Crippen molar-refractivity contribution in [2.75, 3.05) is 13.1 Å². The average Bonchev–Trinajstić information content (AvgIpc) is 2.73. The maximum Gasteiger partial charge on any atom is 0.140 e. The van der Waals surface area contributed by atoms with Crippen LogP contribution in [0.2, 0.25) is 0 Å². The van der Waals surface area contributed by atoms with Gasteiger partial charge in [-0.1, -0.05) is 27.7 Å². The Balaban J connectivity index is 2.13. The molecule has 19 heavy (non-hydrogen) atoms. The van der Waals surface area contributed by atoms with Crippen molar-refractivity contribution in [1.82, 2.24) is 25.0 Å². The molecule has 1 aliphatic heterocycles. The van der Waals surface area contributed by atoms with Gasteiger partial charge in [0.05, 0.1) is 6.54 Å². The van der Waals surface area contributed by atoms with E-state index in [-0.39, 0.29) is 5.41 Å². The van der Waals surface area contributed by atoms with Crippen LogP contribution in [0.25, 0.3) is 0 Å². The lowest BCUT2D eigenvalue weighted by Crippen LogP contribution is -2.60. The summed E-state index contributed by atoms with van der Waals surface area (Å²) in [5.41, 5.74) is 0.268. The highest BCUT2D eigenvalue weighted by atomic mass is 15.3. The molecule has 1 aromatic rings. The minimum absolute atomic E-state index is 0.268. The first kappa shape index (κ1) is 14.5. The van der Waals surface area contributed by atoms with Crippen LogP contribution in [0.3, 0.4) is 0 Å². The van der Waals surface area contributed by atoms with Gasteiger partial charge in [0.25, 0.3) is 0 Å². The molecule has 1 aliphatic rings. The topological polar surface area (TPSA) is 46.0 Å². The molecule has 0 aliphatic carbocycles. The summed E-state index contributed by atoms with van der Waals surface area (Å²) in [5.74, 6) is 1.05. The van der Waals surface area contributed by atoms with Gasteiger partial charge in [-0.3, -0.25) is 9.58 Å². The largest absolute Gasteiger partial charge is 0.311 e. The Labute approximate surface area is 116 Å². The first-order valence-corrected chi connectivity index (χ1v) is 7.22. The molecule has 108 valence electrons. The molecular weight excluding hydrogens is 238 g/mol. The van der Waals surface area contributed by atoms with E-state index in [9.17, 15) is 0 Å². The van der Waals surface area contributed by atoms with Gasteiger partial charge >= 0.3 is 0 Å². The minimum Gasteiger partial charge on any atom is -0.311 e. The minimum atomic E-state index is 0.268. The summed E-state index contributed by atoms with van der Waals surface area (Å²) >= 11 is 0. The second-order valence-electron chi connectivity index (χ2n) is 6.62. The van der Waals surface area contributed by atoms with Crippen LogP contribution in [0, 0.1) is 5.41 Å². The molecule has 0 radical (unpaired) electrons. The molecule has 1 aromatic heterocycles. The van der Waals surface area contributed by atoms with Crippen molar-refractivity contribution >= 4 is 0 Å². The van der Waals surface area contributed by atoms with Crippen LogP contribution in [0.15, 0.2) is 6.33 Å². The highest BCUT2D eigenvalue weighted by Gasteiger charge is 2.35. The van der Waals surface area contributed by atoms with Crippen molar-refractivity contribution in [2.24, 2.45) is 12.5 Å². The van der Waals surface area contributed by atoms with Gasteiger partial charge in [-0.25, -0.2) is 4.98 Å². The standard InChI is InChI=1S/C14H27N5/c1-6-11-8-19(9-13-16-10-17-18(13)5)12(7-15-11)14(2,3)4/h10-12,15H,6-9H2,1-5H3. The summed E-state index contributed by atoms with van der Waals surface area (Å²) < 4.78 is 1.88. The van der Waals surface area contributed by atoms with Crippen LogP contribution < -0.4 is 5.32 Å². The van der Waals surface area contributed by atoms with E-state index >= 15 is 0 Å². The molecule has 2 atom stereocenters. The number of aromatic nitrogens is 3. The van der Waals surface area contributed by atoms with Gasteiger partial charge in [0, 0.05) is 32.2 Å². The molecule has 0 bridgehead atoms. The number of hydrogen-bond acceptors (Lipinski definition) is 4. The van der Waals surface area contributed by atoms with E-state index in [4.69, 9.17) is 0 Å². The first-order valence-electron chi connectivity index (χ1n) is 7.22. The summed E-state index contributed by atoms with van der Waals surface area (Å²) in [5, 5.41) is 7.84. The van der Waals surface area contributed by atoms with E-state index in [2.05, 4.69) is 48.0 Å². The molecule has 1 N–H and O–H groups in total. The Hall–Kier alpha value is -0.940.